The summed E-state index contributed by atoms with van der Waals surface area (Å²) in [6.07, 6.45) is 0. The number of benzene rings is 2. The van der Waals surface area contributed by atoms with Crippen molar-refractivity contribution in [2.24, 2.45) is 7.05 Å². The standard InChI is InChI=1S/C21H24N4O2S/c1-15(2)25(16-10-6-5-7-11-16)19(26)14-28-21-23-22-20(24(21)3)17-12-8-9-13-18(17)27-4/h5-13,15H,14H2,1-4H3. The van der Waals surface area contributed by atoms with E-state index >= 15 is 0 Å². The van der Waals surface area contributed by atoms with Gasteiger partial charge < -0.3 is 14.2 Å². The average molecular weight is 397 g/mol. The fourth-order valence-corrected chi connectivity index (χ4v) is 3.79. The molecule has 0 bridgehead atoms. The molecule has 3 rings (SSSR count). The third-order valence-corrected chi connectivity index (χ3v) is 5.33. The van der Waals surface area contributed by atoms with Crippen molar-refractivity contribution in [2.45, 2.75) is 25.0 Å². The minimum Gasteiger partial charge on any atom is -0.496 e. The van der Waals surface area contributed by atoms with Crippen molar-refractivity contribution in [3.8, 4) is 17.1 Å². The Labute approximate surface area is 169 Å². The van der Waals surface area contributed by atoms with E-state index in [9.17, 15) is 4.79 Å². The molecular weight excluding hydrogens is 372 g/mol. The quantitative estimate of drug-likeness (QED) is 0.565. The normalized spacial score (nSPS) is 10.9. The Morgan fingerprint density at radius 2 is 1.79 bits per heavy atom. The van der Waals surface area contributed by atoms with E-state index < -0.39 is 0 Å². The maximum atomic E-state index is 12.9. The molecule has 0 aliphatic carbocycles. The van der Waals surface area contributed by atoms with Gasteiger partial charge in [-0.1, -0.05) is 42.1 Å². The molecule has 0 fully saturated rings. The van der Waals surface area contributed by atoms with Gasteiger partial charge in [-0.2, -0.15) is 0 Å². The summed E-state index contributed by atoms with van der Waals surface area (Å²) in [5.41, 5.74) is 1.77. The number of ether oxygens (including phenoxy) is 1. The highest BCUT2D eigenvalue weighted by Crippen LogP contribution is 2.30. The SMILES string of the molecule is COc1ccccc1-c1nnc(SCC(=O)N(c2ccccc2)C(C)C)n1C. The summed E-state index contributed by atoms with van der Waals surface area (Å²) in [4.78, 5) is 14.7. The second-order valence-corrected chi connectivity index (χ2v) is 7.49. The number of carbonyl (C=O) groups is 1. The minimum atomic E-state index is 0.0352. The lowest BCUT2D eigenvalue weighted by atomic mass is 10.2. The number of methoxy groups -OCH3 is 1. The van der Waals surface area contributed by atoms with E-state index in [4.69, 9.17) is 4.74 Å². The van der Waals surface area contributed by atoms with Crippen molar-refractivity contribution in [2.75, 3.05) is 17.8 Å². The van der Waals surface area contributed by atoms with Crippen molar-refractivity contribution in [3.63, 3.8) is 0 Å². The number of nitrogens with zero attached hydrogens (tertiary/aromatic N) is 4. The first-order chi connectivity index (χ1) is 13.5. The fourth-order valence-electron chi connectivity index (χ4n) is 3.02. The molecule has 2 aromatic carbocycles. The van der Waals surface area contributed by atoms with Gasteiger partial charge in [-0.3, -0.25) is 4.79 Å². The molecule has 6 nitrogen and oxygen atoms in total. The Hall–Kier alpha value is -2.80. The molecule has 0 aliphatic rings. The third kappa shape index (κ3) is 4.20. The first-order valence-electron chi connectivity index (χ1n) is 9.05. The molecule has 0 spiro atoms. The number of hydrogen-bond acceptors (Lipinski definition) is 5. The zero-order chi connectivity index (χ0) is 20.1. The lowest BCUT2D eigenvalue weighted by Gasteiger charge is -2.26. The summed E-state index contributed by atoms with van der Waals surface area (Å²) in [5.74, 6) is 1.76. The molecule has 0 atom stereocenters. The molecule has 1 aromatic heterocycles. The Balaban J connectivity index is 1.76. The molecule has 7 heteroatoms. The first-order valence-corrected chi connectivity index (χ1v) is 10.0. The first kappa shape index (κ1) is 19.9. The summed E-state index contributed by atoms with van der Waals surface area (Å²) in [6.45, 7) is 4.02. The van der Waals surface area contributed by atoms with Crippen LogP contribution in [0.2, 0.25) is 0 Å². The van der Waals surface area contributed by atoms with Crippen LogP contribution in [0, 0.1) is 0 Å². The van der Waals surface area contributed by atoms with Gasteiger partial charge in [0.2, 0.25) is 5.91 Å². The van der Waals surface area contributed by atoms with Gasteiger partial charge >= 0.3 is 0 Å². The number of aromatic nitrogens is 3. The molecule has 1 heterocycles. The van der Waals surface area contributed by atoms with Crippen LogP contribution in [0.1, 0.15) is 13.8 Å². The van der Waals surface area contributed by atoms with Crippen LogP contribution in [0.4, 0.5) is 5.69 Å². The lowest BCUT2D eigenvalue weighted by Crippen LogP contribution is -2.38. The molecule has 0 radical (unpaired) electrons. The van der Waals surface area contributed by atoms with Crippen LogP contribution in [0.5, 0.6) is 5.75 Å². The zero-order valence-corrected chi connectivity index (χ0v) is 17.3. The molecule has 0 aliphatic heterocycles. The molecule has 28 heavy (non-hydrogen) atoms. The second kappa shape index (κ2) is 8.93. The predicted molar refractivity (Wildman–Crippen MR) is 113 cm³/mol. The van der Waals surface area contributed by atoms with Crippen LogP contribution in [0.3, 0.4) is 0 Å². The smallest absolute Gasteiger partial charge is 0.237 e. The number of hydrogen-bond donors (Lipinski definition) is 0. The molecule has 146 valence electrons. The summed E-state index contributed by atoms with van der Waals surface area (Å²) in [7, 11) is 3.53. The van der Waals surface area contributed by atoms with Crippen LogP contribution >= 0.6 is 11.8 Å². The molecule has 0 saturated carbocycles. The number of thioether (sulfide) groups is 1. The maximum absolute atomic E-state index is 12.9. The largest absolute Gasteiger partial charge is 0.496 e. The molecule has 3 aromatic rings. The second-order valence-electron chi connectivity index (χ2n) is 6.55. The van der Waals surface area contributed by atoms with Crippen LogP contribution in [0.25, 0.3) is 11.4 Å². The van der Waals surface area contributed by atoms with E-state index in [0.29, 0.717) is 11.0 Å². The van der Waals surface area contributed by atoms with Crippen LogP contribution in [0.15, 0.2) is 59.8 Å². The Bertz CT molecular complexity index is 941. The lowest BCUT2D eigenvalue weighted by molar-refractivity contribution is -0.116. The van der Waals surface area contributed by atoms with E-state index in [0.717, 1.165) is 17.0 Å². The number of rotatable bonds is 7. The van der Waals surface area contributed by atoms with E-state index in [2.05, 4.69) is 10.2 Å². The zero-order valence-electron chi connectivity index (χ0n) is 16.5. The topological polar surface area (TPSA) is 60.3 Å². The van der Waals surface area contributed by atoms with Crippen LogP contribution < -0.4 is 9.64 Å². The Kier molecular flexibility index (Phi) is 6.36. The van der Waals surface area contributed by atoms with Crippen LogP contribution in [-0.4, -0.2) is 39.6 Å². The van der Waals surface area contributed by atoms with Crippen molar-refractivity contribution >= 4 is 23.4 Å². The monoisotopic (exact) mass is 396 g/mol. The highest BCUT2D eigenvalue weighted by atomic mass is 32.2. The van der Waals surface area contributed by atoms with Gasteiger partial charge in [0.15, 0.2) is 11.0 Å². The van der Waals surface area contributed by atoms with E-state index in [1.807, 2.05) is 85.0 Å². The Morgan fingerprint density at radius 3 is 2.46 bits per heavy atom. The molecular formula is C21H24N4O2S. The highest BCUT2D eigenvalue weighted by Gasteiger charge is 2.21. The van der Waals surface area contributed by atoms with Crippen molar-refractivity contribution in [1.29, 1.82) is 0 Å². The highest BCUT2D eigenvalue weighted by molar-refractivity contribution is 7.99. The summed E-state index contributed by atoms with van der Waals surface area (Å²) in [5, 5.41) is 9.25. The van der Waals surface area contributed by atoms with Gasteiger partial charge in [-0.15, -0.1) is 10.2 Å². The van der Waals surface area contributed by atoms with E-state index in [1.54, 1.807) is 7.11 Å². The van der Waals surface area contributed by atoms with Crippen LogP contribution in [-0.2, 0) is 11.8 Å². The summed E-state index contributed by atoms with van der Waals surface area (Å²) < 4.78 is 7.31. The van der Waals surface area contributed by atoms with Crippen molar-refractivity contribution in [1.82, 2.24) is 14.8 Å². The van der Waals surface area contributed by atoms with Gasteiger partial charge in [0.1, 0.15) is 5.75 Å². The van der Waals surface area contributed by atoms with Crippen molar-refractivity contribution < 1.29 is 9.53 Å². The summed E-state index contributed by atoms with van der Waals surface area (Å²) in [6, 6.07) is 17.5. The maximum Gasteiger partial charge on any atom is 0.237 e. The number of anilines is 1. The van der Waals surface area contributed by atoms with Gasteiger partial charge in [0.25, 0.3) is 0 Å². The van der Waals surface area contributed by atoms with Gasteiger partial charge in [0, 0.05) is 18.8 Å². The number of amides is 1. The average Bonchev–Trinajstić information content (AvgIpc) is 3.07. The number of para-hydroxylation sites is 2. The van der Waals surface area contributed by atoms with Gasteiger partial charge in [-0.25, -0.2) is 0 Å². The fraction of sp³-hybridized carbons (Fsp3) is 0.286. The molecule has 0 N–H and O–H groups in total. The van der Waals surface area contributed by atoms with E-state index in [-0.39, 0.29) is 17.7 Å². The third-order valence-electron chi connectivity index (χ3n) is 4.33. The van der Waals surface area contributed by atoms with Gasteiger partial charge in [-0.05, 0) is 38.1 Å². The van der Waals surface area contributed by atoms with E-state index in [1.165, 1.54) is 11.8 Å². The molecule has 0 saturated heterocycles. The summed E-state index contributed by atoms with van der Waals surface area (Å²) >= 11 is 1.38. The van der Waals surface area contributed by atoms with Crippen molar-refractivity contribution in [3.05, 3.63) is 54.6 Å². The Morgan fingerprint density at radius 1 is 1.11 bits per heavy atom. The molecule has 0 unspecified atom stereocenters. The number of carbonyl (C=O) groups excluding carboxylic acids is 1. The van der Waals surface area contributed by atoms with Gasteiger partial charge in [0.05, 0.1) is 18.4 Å². The minimum absolute atomic E-state index is 0.0352. The molecule has 1 amide bonds. The predicted octanol–water partition coefficient (Wildman–Crippen LogP) is 4.02.